The lowest BCUT2D eigenvalue weighted by Crippen LogP contribution is -2.25. The number of nitrogens with two attached hydrogens (primary N) is 1. The van der Waals surface area contributed by atoms with Gasteiger partial charge in [-0.3, -0.25) is 9.59 Å². The lowest BCUT2D eigenvalue weighted by molar-refractivity contribution is -0.123. The summed E-state index contributed by atoms with van der Waals surface area (Å²) in [6.45, 7) is 5.32. The lowest BCUT2D eigenvalue weighted by Gasteiger charge is -2.05. The first kappa shape index (κ1) is 13.7. The molecule has 0 radical (unpaired) electrons. The van der Waals surface area contributed by atoms with E-state index in [0.29, 0.717) is 5.00 Å². The van der Waals surface area contributed by atoms with E-state index in [1.165, 1.54) is 18.3 Å². The van der Waals surface area contributed by atoms with Gasteiger partial charge in [-0.15, -0.1) is 11.3 Å². The van der Waals surface area contributed by atoms with E-state index in [4.69, 9.17) is 10.8 Å². The van der Waals surface area contributed by atoms with Crippen LogP contribution in [0.1, 0.15) is 41.9 Å². The minimum atomic E-state index is -1.12. The molecular formula is C11H16N2O3S. The Bertz CT molecular complexity index is 438. The van der Waals surface area contributed by atoms with Crippen LogP contribution in [0.25, 0.3) is 0 Å². The van der Waals surface area contributed by atoms with E-state index in [2.05, 4.69) is 5.32 Å². The standard InChI is InChI=1S/C11H16N2O3S/c1-5(2)8-4-7(9(12)15)11(17-8)13-10(16)6(3)14/h4-6,14H,1-3H3,(H2,12,15)(H,13,16)/t6-/m0/s1. The fourth-order valence-corrected chi connectivity index (χ4v) is 2.26. The van der Waals surface area contributed by atoms with Crippen molar-refractivity contribution in [3.63, 3.8) is 0 Å². The first-order valence-corrected chi connectivity index (χ1v) is 6.07. The monoisotopic (exact) mass is 256 g/mol. The molecule has 0 bridgehead atoms. The van der Waals surface area contributed by atoms with Gasteiger partial charge in [0, 0.05) is 4.88 Å². The highest BCUT2D eigenvalue weighted by Crippen LogP contribution is 2.32. The maximum atomic E-state index is 11.4. The van der Waals surface area contributed by atoms with Gasteiger partial charge in [0.25, 0.3) is 11.8 Å². The van der Waals surface area contributed by atoms with Crippen molar-refractivity contribution >= 4 is 28.2 Å². The van der Waals surface area contributed by atoms with Crippen molar-refractivity contribution in [2.24, 2.45) is 5.73 Å². The predicted molar refractivity (Wildman–Crippen MR) is 67.2 cm³/mol. The van der Waals surface area contributed by atoms with Crippen LogP contribution in [0.15, 0.2) is 6.07 Å². The Morgan fingerprint density at radius 1 is 1.41 bits per heavy atom. The van der Waals surface area contributed by atoms with Crippen LogP contribution in [0.4, 0.5) is 5.00 Å². The van der Waals surface area contributed by atoms with Crippen LogP contribution in [0.3, 0.4) is 0 Å². The molecule has 1 heterocycles. The predicted octanol–water partition coefficient (Wildman–Crippen LogP) is 1.29. The van der Waals surface area contributed by atoms with Crippen LogP contribution < -0.4 is 11.1 Å². The number of hydrogen-bond donors (Lipinski definition) is 3. The zero-order chi connectivity index (χ0) is 13.2. The van der Waals surface area contributed by atoms with Crippen molar-refractivity contribution < 1.29 is 14.7 Å². The fourth-order valence-electron chi connectivity index (χ4n) is 1.19. The lowest BCUT2D eigenvalue weighted by atomic mass is 10.1. The summed E-state index contributed by atoms with van der Waals surface area (Å²) in [6, 6.07) is 1.68. The average molecular weight is 256 g/mol. The molecule has 0 saturated heterocycles. The van der Waals surface area contributed by atoms with Gasteiger partial charge < -0.3 is 16.2 Å². The second kappa shape index (κ2) is 5.29. The number of aliphatic hydroxyl groups is 1. The molecule has 94 valence electrons. The minimum Gasteiger partial charge on any atom is -0.384 e. The van der Waals surface area contributed by atoms with E-state index in [1.807, 2.05) is 13.8 Å². The van der Waals surface area contributed by atoms with E-state index in [1.54, 1.807) is 6.07 Å². The highest BCUT2D eigenvalue weighted by atomic mass is 32.1. The fraction of sp³-hybridized carbons (Fsp3) is 0.455. The second-order valence-electron chi connectivity index (χ2n) is 4.08. The van der Waals surface area contributed by atoms with Crippen LogP contribution in [0, 0.1) is 0 Å². The maximum absolute atomic E-state index is 11.4. The molecule has 1 rings (SSSR count). The minimum absolute atomic E-state index is 0.246. The number of thiophene rings is 1. The third kappa shape index (κ3) is 3.28. The summed E-state index contributed by atoms with van der Waals surface area (Å²) in [5, 5.41) is 12.0. The number of anilines is 1. The maximum Gasteiger partial charge on any atom is 0.253 e. The summed E-state index contributed by atoms with van der Waals surface area (Å²) in [5.41, 5.74) is 5.52. The molecule has 0 aliphatic carbocycles. The largest absolute Gasteiger partial charge is 0.384 e. The van der Waals surface area contributed by atoms with E-state index in [-0.39, 0.29) is 11.5 Å². The highest BCUT2D eigenvalue weighted by Gasteiger charge is 2.18. The van der Waals surface area contributed by atoms with Crippen LogP contribution in [0.5, 0.6) is 0 Å². The zero-order valence-corrected chi connectivity index (χ0v) is 10.8. The van der Waals surface area contributed by atoms with Crippen molar-refractivity contribution in [3.05, 3.63) is 16.5 Å². The Kier molecular flexibility index (Phi) is 4.25. The molecule has 17 heavy (non-hydrogen) atoms. The molecule has 1 atom stereocenters. The van der Waals surface area contributed by atoms with E-state index < -0.39 is 17.9 Å². The summed E-state index contributed by atoms with van der Waals surface area (Å²) < 4.78 is 0. The van der Waals surface area contributed by atoms with Crippen LogP contribution >= 0.6 is 11.3 Å². The average Bonchev–Trinajstić information content (AvgIpc) is 2.61. The highest BCUT2D eigenvalue weighted by molar-refractivity contribution is 7.16. The number of aliphatic hydroxyl groups excluding tert-OH is 1. The molecule has 0 saturated carbocycles. The number of carbonyl (C=O) groups excluding carboxylic acids is 2. The molecule has 0 aliphatic heterocycles. The molecule has 5 nitrogen and oxygen atoms in total. The molecule has 1 aromatic heterocycles. The summed E-state index contributed by atoms with van der Waals surface area (Å²) in [4.78, 5) is 23.5. The SMILES string of the molecule is CC(C)c1cc(C(N)=O)c(NC(=O)[C@H](C)O)s1. The van der Waals surface area contributed by atoms with E-state index in [0.717, 1.165) is 4.88 Å². The zero-order valence-electron chi connectivity index (χ0n) is 9.98. The number of amides is 2. The van der Waals surface area contributed by atoms with Gasteiger partial charge >= 0.3 is 0 Å². The number of hydrogen-bond acceptors (Lipinski definition) is 4. The summed E-state index contributed by atoms with van der Waals surface area (Å²) in [6.07, 6.45) is -1.12. The molecular weight excluding hydrogens is 240 g/mol. The van der Waals surface area contributed by atoms with Crippen molar-refractivity contribution in [2.45, 2.75) is 32.8 Å². The van der Waals surface area contributed by atoms with Gasteiger partial charge in [-0.2, -0.15) is 0 Å². The van der Waals surface area contributed by atoms with Gasteiger partial charge in [0.15, 0.2) is 0 Å². The Hall–Kier alpha value is -1.40. The van der Waals surface area contributed by atoms with Gasteiger partial charge in [-0.05, 0) is 18.9 Å². The Balaban J connectivity index is 3.04. The normalized spacial score (nSPS) is 12.5. The molecule has 0 aliphatic rings. The molecule has 2 amide bonds. The number of rotatable bonds is 4. The van der Waals surface area contributed by atoms with Gasteiger partial charge in [0.2, 0.25) is 0 Å². The number of primary amides is 1. The van der Waals surface area contributed by atoms with Crippen molar-refractivity contribution in [1.82, 2.24) is 0 Å². The first-order chi connectivity index (χ1) is 7.82. The van der Waals surface area contributed by atoms with Crippen LogP contribution in [-0.4, -0.2) is 23.0 Å². The molecule has 0 spiro atoms. The molecule has 0 fully saturated rings. The van der Waals surface area contributed by atoms with Crippen molar-refractivity contribution in [2.75, 3.05) is 5.32 Å². The van der Waals surface area contributed by atoms with E-state index >= 15 is 0 Å². The molecule has 1 aromatic rings. The van der Waals surface area contributed by atoms with Crippen LogP contribution in [-0.2, 0) is 4.79 Å². The van der Waals surface area contributed by atoms with E-state index in [9.17, 15) is 9.59 Å². The third-order valence-electron chi connectivity index (χ3n) is 2.20. The Morgan fingerprint density at radius 3 is 2.41 bits per heavy atom. The van der Waals surface area contributed by atoms with Crippen LogP contribution in [0.2, 0.25) is 0 Å². The molecule has 0 unspecified atom stereocenters. The summed E-state index contributed by atoms with van der Waals surface area (Å²) in [7, 11) is 0. The van der Waals surface area contributed by atoms with Gasteiger partial charge in [-0.25, -0.2) is 0 Å². The topological polar surface area (TPSA) is 92.4 Å². The molecule has 4 N–H and O–H groups in total. The molecule has 0 aromatic carbocycles. The summed E-state index contributed by atoms with van der Waals surface area (Å²) in [5.74, 6) is -0.894. The Labute approximate surface area is 104 Å². The van der Waals surface area contributed by atoms with Crippen molar-refractivity contribution in [3.8, 4) is 0 Å². The second-order valence-corrected chi connectivity index (χ2v) is 5.16. The summed E-state index contributed by atoms with van der Waals surface area (Å²) >= 11 is 1.30. The van der Waals surface area contributed by atoms with Gasteiger partial charge in [0.05, 0.1) is 5.56 Å². The smallest absolute Gasteiger partial charge is 0.253 e. The Morgan fingerprint density at radius 2 is 2.00 bits per heavy atom. The third-order valence-corrected chi connectivity index (χ3v) is 3.55. The van der Waals surface area contributed by atoms with Gasteiger partial charge in [0.1, 0.15) is 11.1 Å². The van der Waals surface area contributed by atoms with Gasteiger partial charge in [-0.1, -0.05) is 13.8 Å². The first-order valence-electron chi connectivity index (χ1n) is 5.25. The van der Waals surface area contributed by atoms with Crippen molar-refractivity contribution in [1.29, 1.82) is 0 Å². The number of carbonyl (C=O) groups is 2. The molecule has 6 heteroatoms. The quantitative estimate of drug-likeness (QED) is 0.758. The number of nitrogens with one attached hydrogen (secondary N) is 1.